The number of benzene rings is 2. The molecular formula is C21H24F2N2O3. The van der Waals surface area contributed by atoms with Crippen LogP contribution in [0.2, 0.25) is 0 Å². The lowest BCUT2D eigenvalue weighted by Crippen LogP contribution is -2.57. The minimum atomic E-state index is -1.11. The summed E-state index contributed by atoms with van der Waals surface area (Å²) in [5, 5.41) is 13.2. The average Bonchev–Trinajstić information content (AvgIpc) is 2.61. The number of nitrogens with zero attached hydrogens (tertiary/aromatic N) is 1. The molecule has 7 heteroatoms. The molecule has 0 unspecified atom stereocenters. The summed E-state index contributed by atoms with van der Waals surface area (Å²) < 4.78 is 33.0. The van der Waals surface area contributed by atoms with E-state index in [-0.39, 0.29) is 24.7 Å². The molecule has 2 aromatic rings. The maximum Gasteiger partial charge on any atom is 0.238 e. The molecule has 0 aromatic heterocycles. The molecule has 3 rings (SSSR count). The van der Waals surface area contributed by atoms with Crippen LogP contribution in [0.4, 0.5) is 14.5 Å². The first-order valence-corrected chi connectivity index (χ1v) is 9.16. The highest BCUT2D eigenvalue weighted by Gasteiger charge is 2.39. The number of likely N-dealkylation sites (tertiary alicyclic amines) is 1. The zero-order valence-electron chi connectivity index (χ0n) is 15.9. The number of carbonyl (C=O) groups is 1. The third kappa shape index (κ3) is 5.05. The van der Waals surface area contributed by atoms with Gasteiger partial charge in [0.2, 0.25) is 5.91 Å². The van der Waals surface area contributed by atoms with Crippen LogP contribution in [0.3, 0.4) is 0 Å². The van der Waals surface area contributed by atoms with E-state index in [4.69, 9.17) is 4.74 Å². The van der Waals surface area contributed by atoms with E-state index >= 15 is 0 Å². The molecule has 1 aliphatic rings. The van der Waals surface area contributed by atoms with E-state index in [9.17, 15) is 18.7 Å². The topological polar surface area (TPSA) is 61.8 Å². The van der Waals surface area contributed by atoms with Gasteiger partial charge in [0.1, 0.15) is 29.1 Å². The van der Waals surface area contributed by atoms with Gasteiger partial charge in [-0.2, -0.15) is 0 Å². The molecule has 0 radical (unpaired) electrons. The summed E-state index contributed by atoms with van der Waals surface area (Å²) in [6.45, 7) is 4.28. The molecule has 2 N–H and O–H groups in total. The lowest BCUT2D eigenvalue weighted by molar-refractivity contribution is -0.122. The van der Waals surface area contributed by atoms with E-state index in [2.05, 4.69) is 5.32 Å². The maximum absolute atomic E-state index is 13.8. The molecule has 150 valence electrons. The number of piperidine rings is 1. The molecule has 2 atom stereocenters. The highest BCUT2D eigenvalue weighted by Crippen LogP contribution is 2.27. The van der Waals surface area contributed by atoms with Crippen LogP contribution in [0.5, 0.6) is 5.75 Å². The number of aryl methyl sites for hydroxylation is 1. The Morgan fingerprint density at radius 2 is 2.11 bits per heavy atom. The highest BCUT2D eigenvalue weighted by atomic mass is 19.1. The Labute approximate surface area is 162 Å². The van der Waals surface area contributed by atoms with Crippen molar-refractivity contribution in [2.75, 3.05) is 25.0 Å². The molecule has 1 amide bonds. The van der Waals surface area contributed by atoms with Gasteiger partial charge in [0.25, 0.3) is 0 Å². The first kappa shape index (κ1) is 20.2. The molecule has 1 fully saturated rings. The Bertz CT molecular complexity index is 857. The van der Waals surface area contributed by atoms with Gasteiger partial charge < -0.3 is 15.2 Å². The molecule has 0 bridgehead atoms. The lowest BCUT2D eigenvalue weighted by Gasteiger charge is -2.42. The SMILES string of the molecule is Cc1ccc(F)c(NC(=O)CN2CC[C@](C)(O)[C@@H](Oc3cccc(F)c3)C2)c1. The van der Waals surface area contributed by atoms with E-state index in [1.54, 1.807) is 25.1 Å². The van der Waals surface area contributed by atoms with Gasteiger partial charge in [0, 0.05) is 19.2 Å². The van der Waals surface area contributed by atoms with Crippen molar-refractivity contribution in [1.82, 2.24) is 4.90 Å². The summed E-state index contributed by atoms with van der Waals surface area (Å²) in [5.41, 5.74) is -0.127. The van der Waals surface area contributed by atoms with Crippen LogP contribution in [-0.2, 0) is 4.79 Å². The van der Waals surface area contributed by atoms with Crippen LogP contribution in [-0.4, -0.2) is 47.3 Å². The molecular weight excluding hydrogens is 366 g/mol. The highest BCUT2D eigenvalue weighted by molar-refractivity contribution is 5.92. The monoisotopic (exact) mass is 390 g/mol. The number of rotatable bonds is 5. The van der Waals surface area contributed by atoms with Crippen LogP contribution in [0.15, 0.2) is 42.5 Å². The number of hydrogen-bond acceptors (Lipinski definition) is 4. The van der Waals surface area contributed by atoms with Gasteiger partial charge in [-0.25, -0.2) is 8.78 Å². The summed E-state index contributed by atoms with van der Waals surface area (Å²) in [4.78, 5) is 14.2. The first-order chi connectivity index (χ1) is 13.2. The fourth-order valence-corrected chi connectivity index (χ4v) is 3.21. The summed E-state index contributed by atoms with van der Waals surface area (Å²) in [6, 6.07) is 10.2. The Kier molecular flexibility index (Phi) is 5.96. The molecule has 1 aliphatic heterocycles. The molecule has 0 saturated carbocycles. The predicted molar refractivity (Wildman–Crippen MR) is 102 cm³/mol. The summed E-state index contributed by atoms with van der Waals surface area (Å²) in [5.74, 6) is -0.953. The van der Waals surface area contributed by atoms with Crippen molar-refractivity contribution in [3.8, 4) is 5.75 Å². The first-order valence-electron chi connectivity index (χ1n) is 9.16. The lowest BCUT2D eigenvalue weighted by atomic mass is 9.90. The van der Waals surface area contributed by atoms with E-state index in [1.165, 1.54) is 24.3 Å². The summed E-state index contributed by atoms with van der Waals surface area (Å²) in [6.07, 6.45) is -0.245. The average molecular weight is 390 g/mol. The molecule has 0 aliphatic carbocycles. The van der Waals surface area contributed by atoms with Crippen LogP contribution in [0.25, 0.3) is 0 Å². The van der Waals surface area contributed by atoms with Crippen LogP contribution in [0, 0.1) is 18.6 Å². The van der Waals surface area contributed by atoms with Crippen molar-refractivity contribution in [1.29, 1.82) is 0 Å². The maximum atomic E-state index is 13.8. The number of carbonyl (C=O) groups excluding carboxylic acids is 1. The van der Waals surface area contributed by atoms with Gasteiger partial charge in [-0.15, -0.1) is 0 Å². The smallest absolute Gasteiger partial charge is 0.238 e. The van der Waals surface area contributed by atoms with E-state index < -0.39 is 23.3 Å². The molecule has 1 saturated heterocycles. The van der Waals surface area contributed by atoms with Crippen molar-refractivity contribution >= 4 is 11.6 Å². The molecule has 1 heterocycles. The number of hydrogen-bond donors (Lipinski definition) is 2. The van der Waals surface area contributed by atoms with Gasteiger partial charge in [0.05, 0.1) is 12.2 Å². The van der Waals surface area contributed by atoms with Crippen LogP contribution in [0.1, 0.15) is 18.9 Å². The Morgan fingerprint density at radius 3 is 2.86 bits per heavy atom. The van der Waals surface area contributed by atoms with E-state index in [0.29, 0.717) is 18.7 Å². The van der Waals surface area contributed by atoms with Crippen molar-refractivity contribution in [2.24, 2.45) is 0 Å². The Hall–Kier alpha value is -2.51. The molecule has 2 aromatic carbocycles. The second-order valence-corrected chi connectivity index (χ2v) is 7.44. The number of halogens is 2. The van der Waals surface area contributed by atoms with E-state index in [1.807, 2.05) is 11.8 Å². The largest absolute Gasteiger partial charge is 0.486 e. The summed E-state index contributed by atoms with van der Waals surface area (Å²) >= 11 is 0. The van der Waals surface area contributed by atoms with Crippen molar-refractivity contribution in [3.63, 3.8) is 0 Å². The summed E-state index contributed by atoms with van der Waals surface area (Å²) in [7, 11) is 0. The number of nitrogens with one attached hydrogen (secondary N) is 1. The fraction of sp³-hybridized carbons (Fsp3) is 0.381. The van der Waals surface area contributed by atoms with Crippen molar-refractivity contribution in [2.45, 2.75) is 32.0 Å². The zero-order valence-corrected chi connectivity index (χ0v) is 15.9. The van der Waals surface area contributed by atoms with Gasteiger partial charge in [-0.1, -0.05) is 12.1 Å². The predicted octanol–water partition coefficient (Wildman–Crippen LogP) is 3.12. The Balaban J connectivity index is 1.63. The number of aliphatic hydroxyl groups is 1. The molecule has 5 nitrogen and oxygen atoms in total. The third-order valence-electron chi connectivity index (χ3n) is 4.89. The second kappa shape index (κ2) is 8.24. The zero-order chi connectivity index (χ0) is 20.3. The standard InChI is InChI=1S/C21H24F2N2O3/c1-14-6-7-17(23)18(10-14)24-20(26)13-25-9-8-21(2,27)19(12-25)28-16-5-3-4-15(22)11-16/h3-7,10-11,19,27H,8-9,12-13H2,1-2H3,(H,24,26)/t19-,21-/m0/s1. The number of ether oxygens (including phenoxy) is 1. The van der Waals surface area contributed by atoms with Gasteiger partial charge in [-0.3, -0.25) is 9.69 Å². The minimum absolute atomic E-state index is 0.0342. The van der Waals surface area contributed by atoms with Gasteiger partial charge >= 0.3 is 0 Å². The third-order valence-corrected chi connectivity index (χ3v) is 4.89. The molecule has 28 heavy (non-hydrogen) atoms. The molecule has 0 spiro atoms. The van der Waals surface area contributed by atoms with Crippen LogP contribution < -0.4 is 10.1 Å². The van der Waals surface area contributed by atoms with Gasteiger partial charge in [0.15, 0.2) is 0 Å². The second-order valence-electron chi connectivity index (χ2n) is 7.44. The van der Waals surface area contributed by atoms with E-state index in [0.717, 1.165) is 5.56 Å². The van der Waals surface area contributed by atoms with Crippen LogP contribution >= 0.6 is 0 Å². The normalized spacial score (nSPS) is 22.7. The fourth-order valence-electron chi connectivity index (χ4n) is 3.21. The quantitative estimate of drug-likeness (QED) is 0.824. The minimum Gasteiger partial charge on any atom is -0.486 e. The van der Waals surface area contributed by atoms with Crippen molar-refractivity contribution < 1.29 is 23.4 Å². The number of amides is 1. The number of anilines is 1. The van der Waals surface area contributed by atoms with Crippen molar-refractivity contribution in [3.05, 3.63) is 59.7 Å². The Morgan fingerprint density at radius 1 is 1.32 bits per heavy atom. The van der Waals surface area contributed by atoms with Gasteiger partial charge in [-0.05, 0) is 50.1 Å².